The molecule has 0 saturated carbocycles. The molecule has 0 atom stereocenters. The SMILES string of the molecule is C1CN2CC[CH2][In]([CH2]1)[CH2]CC2. The Morgan fingerprint density at radius 3 is 1.64 bits per heavy atom. The average Bonchev–Trinajstić information content (AvgIpc) is 1.80. The van der Waals surface area contributed by atoms with Crippen LogP contribution in [0.2, 0.25) is 12.5 Å². The minimum atomic E-state index is -0.846. The molecule has 0 amide bonds. The van der Waals surface area contributed by atoms with E-state index in [1.807, 2.05) is 0 Å². The maximum atomic E-state index is 2.70. The third-order valence-electron chi connectivity index (χ3n) is 3.26. The number of hydrogen-bond donors (Lipinski definition) is 0. The predicted octanol–water partition coefficient (Wildman–Crippen LogP) is 1.98. The normalized spacial score (nSPS) is 27.8. The summed E-state index contributed by atoms with van der Waals surface area (Å²) < 4.78 is 5.16. The summed E-state index contributed by atoms with van der Waals surface area (Å²) in [6.45, 7) is 4.31. The van der Waals surface area contributed by atoms with Gasteiger partial charge in [-0.15, -0.1) is 0 Å². The molecule has 11 heavy (non-hydrogen) atoms. The standard InChI is InChI=1S/C9H18N.In/c1-4-7-10(8-5-2)9-6-3;/h1-9H2;. The van der Waals surface area contributed by atoms with Gasteiger partial charge < -0.3 is 0 Å². The van der Waals surface area contributed by atoms with Gasteiger partial charge in [-0.05, 0) is 0 Å². The van der Waals surface area contributed by atoms with Gasteiger partial charge in [-0.1, -0.05) is 0 Å². The van der Waals surface area contributed by atoms with Crippen LogP contribution in [0, 0.1) is 0 Å². The van der Waals surface area contributed by atoms with E-state index in [1.54, 1.807) is 31.8 Å². The minimum absolute atomic E-state index is 0.846. The zero-order chi connectivity index (χ0) is 7.52. The van der Waals surface area contributed by atoms with Crippen LogP contribution in [-0.2, 0) is 0 Å². The third-order valence-corrected chi connectivity index (χ3v) is 13.7. The molecule has 0 radical (unpaired) electrons. The average molecular weight is 255 g/mol. The fourth-order valence-corrected chi connectivity index (χ4v) is 11.6. The molecule has 3 rings (SSSR count). The molecule has 3 heterocycles. The first-order valence-corrected chi connectivity index (χ1v) is 12.2. The van der Waals surface area contributed by atoms with Crippen LogP contribution in [0.25, 0.3) is 0 Å². The van der Waals surface area contributed by atoms with Gasteiger partial charge in [0.1, 0.15) is 0 Å². The molecule has 0 aromatic heterocycles. The molecule has 1 nitrogen and oxygen atoms in total. The van der Waals surface area contributed by atoms with Gasteiger partial charge in [0.2, 0.25) is 0 Å². The van der Waals surface area contributed by atoms with Crippen LogP contribution in [-0.4, -0.2) is 46.0 Å². The molecule has 0 aliphatic carbocycles. The van der Waals surface area contributed by atoms with Gasteiger partial charge >= 0.3 is 77.8 Å². The van der Waals surface area contributed by atoms with Crippen molar-refractivity contribution in [3.05, 3.63) is 0 Å². The predicted molar refractivity (Wildman–Crippen MR) is 50.5 cm³/mol. The van der Waals surface area contributed by atoms with E-state index in [-0.39, 0.29) is 0 Å². The molecule has 0 spiro atoms. The van der Waals surface area contributed by atoms with Crippen molar-refractivity contribution in [1.29, 1.82) is 0 Å². The van der Waals surface area contributed by atoms with Crippen molar-refractivity contribution >= 4 is 21.4 Å². The molecule has 2 heteroatoms. The summed E-state index contributed by atoms with van der Waals surface area (Å²) in [6.07, 6.45) is 4.67. The Kier molecular flexibility index (Phi) is 3.20. The maximum absolute atomic E-state index is 2.70. The van der Waals surface area contributed by atoms with Gasteiger partial charge in [0.15, 0.2) is 0 Å². The third kappa shape index (κ3) is 2.38. The van der Waals surface area contributed by atoms with E-state index in [1.165, 1.54) is 19.6 Å². The van der Waals surface area contributed by atoms with Crippen LogP contribution >= 0.6 is 0 Å². The Morgan fingerprint density at radius 2 is 1.18 bits per heavy atom. The molecule has 0 unspecified atom stereocenters. The van der Waals surface area contributed by atoms with E-state index in [2.05, 4.69) is 4.90 Å². The van der Waals surface area contributed by atoms with E-state index in [0.29, 0.717) is 0 Å². The van der Waals surface area contributed by atoms with Crippen LogP contribution in [0.1, 0.15) is 19.3 Å². The number of fused-ring (bicyclic) bond motifs is 6. The van der Waals surface area contributed by atoms with Crippen molar-refractivity contribution in [2.45, 2.75) is 31.8 Å². The molecule has 0 aromatic carbocycles. The first-order valence-electron chi connectivity index (χ1n) is 5.17. The van der Waals surface area contributed by atoms with Gasteiger partial charge in [0, 0.05) is 0 Å². The monoisotopic (exact) mass is 255 g/mol. The fraction of sp³-hybridized carbons (Fsp3) is 1.00. The van der Waals surface area contributed by atoms with Crippen LogP contribution in [0.4, 0.5) is 0 Å². The summed E-state index contributed by atoms with van der Waals surface area (Å²) in [5.41, 5.74) is 0. The summed E-state index contributed by atoms with van der Waals surface area (Å²) in [7, 11) is 0. The van der Waals surface area contributed by atoms with Crippen LogP contribution in [0.15, 0.2) is 0 Å². The topological polar surface area (TPSA) is 3.24 Å². The van der Waals surface area contributed by atoms with Crippen molar-refractivity contribution < 1.29 is 0 Å². The second kappa shape index (κ2) is 4.18. The molecule has 0 N–H and O–H groups in total. The van der Waals surface area contributed by atoms with Crippen LogP contribution < -0.4 is 0 Å². The van der Waals surface area contributed by atoms with Crippen LogP contribution in [0.3, 0.4) is 0 Å². The number of nitrogens with zero attached hydrogens (tertiary/aromatic N) is 1. The zero-order valence-electron chi connectivity index (χ0n) is 7.39. The van der Waals surface area contributed by atoms with Crippen molar-refractivity contribution in [2.75, 3.05) is 19.6 Å². The molecule has 3 aliphatic heterocycles. The van der Waals surface area contributed by atoms with E-state index in [9.17, 15) is 0 Å². The van der Waals surface area contributed by atoms with Crippen molar-refractivity contribution in [2.24, 2.45) is 0 Å². The molecule has 3 aliphatic rings. The Balaban J connectivity index is 1.96. The van der Waals surface area contributed by atoms with E-state index in [4.69, 9.17) is 0 Å². The summed E-state index contributed by atoms with van der Waals surface area (Å²) in [6, 6.07) is 0. The fourth-order valence-electron chi connectivity index (χ4n) is 2.58. The van der Waals surface area contributed by atoms with Crippen molar-refractivity contribution in [3.63, 3.8) is 0 Å². The van der Waals surface area contributed by atoms with Crippen molar-refractivity contribution in [1.82, 2.24) is 4.90 Å². The summed E-state index contributed by atoms with van der Waals surface area (Å²) in [5.74, 6) is 0. The second-order valence-electron chi connectivity index (χ2n) is 4.13. The summed E-state index contributed by atoms with van der Waals surface area (Å²) >= 11 is -0.846. The van der Waals surface area contributed by atoms with Gasteiger partial charge in [-0.25, -0.2) is 0 Å². The number of rotatable bonds is 0. The molecule has 3 saturated heterocycles. The van der Waals surface area contributed by atoms with E-state index >= 15 is 0 Å². The summed E-state index contributed by atoms with van der Waals surface area (Å²) in [4.78, 5) is 2.70. The first kappa shape index (κ1) is 8.43. The molecule has 2 bridgehead atoms. The Hall–Kier alpha value is 0.830. The van der Waals surface area contributed by atoms with Gasteiger partial charge in [-0.3, -0.25) is 0 Å². The molecule has 3 fully saturated rings. The van der Waals surface area contributed by atoms with E-state index in [0.717, 1.165) is 0 Å². The van der Waals surface area contributed by atoms with E-state index < -0.39 is 21.4 Å². The van der Waals surface area contributed by atoms with Gasteiger partial charge in [0.05, 0.1) is 0 Å². The quantitative estimate of drug-likeness (QED) is 0.639. The molecular formula is C9H18InN. The number of hydrogen-bond acceptors (Lipinski definition) is 1. The first-order chi connectivity index (χ1) is 5.45. The second-order valence-corrected chi connectivity index (χ2v) is 14.0. The molecule has 62 valence electrons. The Labute approximate surface area is 77.7 Å². The summed E-state index contributed by atoms with van der Waals surface area (Å²) in [5, 5.41) is 0. The zero-order valence-corrected chi connectivity index (χ0v) is 10.7. The Bertz CT molecular complexity index is 91.0. The molecule has 0 aromatic rings. The van der Waals surface area contributed by atoms with Gasteiger partial charge in [-0.2, -0.15) is 0 Å². The van der Waals surface area contributed by atoms with Crippen LogP contribution in [0.5, 0.6) is 0 Å². The Morgan fingerprint density at radius 1 is 0.727 bits per heavy atom. The molecular weight excluding hydrogens is 237 g/mol. The van der Waals surface area contributed by atoms with Gasteiger partial charge in [0.25, 0.3) is 0 Å². The van der Waals surface area contributed by atoms with Crippen molar-refractivity contribution in [3.8, 4) is 0 Å².